The summed E-state index contributed by atoms with van der Waals surface area (Å²) >= 11 is 0. The van der Waals surface area contributed by atoms with Crippen LogP contribution < -0.4 is 5.32 Å². The van der Waals surface area contributed by atoms with Crippen molar-refractivity contribution in [3.8, 4) is 0 Å². The zero-order chi connectivity index (χ0) is 14.4. The lowest BCUT2D eigenvalue weighted by Crippen LogP contribution is -2.49. The summed E-state index contributed by atoms with van der Waals surface area (Å²) in [6.45, 7) is 10.6. The third-order valence-corrected chi connectivity index (χ3v) is 4.10. The van der Waals surface area contributed by atoms with Crippen LogP contribution in [0.1, 0.15) is 38.8 Å². The minimum absolute atomic E-state index is 0.309. The minimum Gasteiger partial charge on any atom is -0.374 e. The van der Waals surface area contributed by atoms with Gasteiger partial charge < -0.3 is 10.1 Å². The molecule has 0 bridgehead atoms. The van der Waals surface area contributed by atoms with Gasteiger partial charge >= 0.3 is 0 Å². The van der Waals surface area contributed by atoms with Gasteiger partial charge in [-0.2, -0.15) is 0 Å². The summed E-state index contributed by atoms with van der Waals surface area (Å²) < 4.78 is 5.88. The molecule has 2 atom stereocenters. The number of nitrogens with zero attached hydrogens (tertiary/aromatic N) is 1. The largest absolute Gasteiger partial charge is 0.374 e. The number of benzene rings is 1. The van der Waals surface area contributed by atoms with E-state index in [1.807, 2.05) is 0 Å². The highest BCUT2D eigenvalue weighted by Gasteiger charge is 2.22. The molecule has 0 spiro atoms. The van der Waals surface area contributed by atoms with Crippen LogP contribution in [0.2, 0.25) is 0 Å². The van der Waals surface area contributed by atoms with E-state index in [4.69, 9.17) is 4.74 Å². The van der Waals surface area contributed by atoms with Crippen molar-refractivity contribution in [1.82, 2.24) is 10.2 Å². The smallest absolute Gasteiger partial charge is 0.0827 e. The van der Waals surface area contributed by atoms with E-state index in [1.54, 1.807) is 0 Å². The highest BCUT2D eigenvalue weighted by atomic mass is 16.5. The first-order chi connectivity index (χ1) is 9.70. The molecule has 112 valence electrons. The van der Waals surface area contributed by atoms with E-state index in [-0.39, 0.29) is 0 Å². The third kappa shape index (κ3) is 4.30. The van der Waals surface area contributed by atoms with Gasteiger partial charge in [-0.15, -0.1) is 0 Å². The molecule has 3 heteroatoms. The lowest BCUT2D eigenvalue weighted by Gasteiger charge is -2.36. The van der Waals surface area contributed by atoms with Crippen LogP contribution in [0.5, 0.6) is 0 Å². The first-order valence-corrected chi connectivity index (χ1v) is 7.84. The Morgan fingerprint density at radius 1 is 1.30 bits per heavy atom. The van der Waals surface area contributed by atoms with Gasteiger partial charge in [-0.3, -0.25) is 4.90 Å². The van der Waals surface area contributed by atoms with Crippen LogP contribution in [0, 0.1) is 0 Å². The van der Waals surface area contributed by atoms with Crippen molar-refractivity contribution in [1.29, 1.82) is 0 Å². The van der Waals surface area contributed by atoms with Crippen molar-refractivity contribution in [3.63, 3.8) is 0 Å². The molecule has 1 N–H and O–H groups in total. The average molecular weight is 276 g/mol. The maximum Gasteiger partial charge on any atom is 0.0827 e. The number of hydrogen-bond acceptors (Lipinski definition) is 3. The van der Waals surface area contributed by atoms with E-state index in [1.165, 1.54) is 5.56 Å². The second-order valence-electron chi connectivity index (χ2n) is 5.86. The number of rotatable bonds is 6. The minimum atomic E-state index is 0.309. The molecular formula is C17H28N2O. The molecule has 1 aliphatic rings. The Labute approximate surface area is 123 Å². The maximum absolute atomic E-state index is 5.88. The second kappa shape index (κ2) is 7.77. The normalized spacial score (nSPS) is 22.1. The van der Waals surface area contributed by atoms with Crippen molar-refractivity contribution in [3.05, 3.63) is 35.9 Å². The third-order valence-electron chi connectivity index (χ3n) is 4.10. The molecule has 3 nitrogen and oxygen atoms in total. The van der Waals surface area contributed by atoms with Crippen molar-refractivity contribution >= 4 is 0 Å². The lowest BCUT2D eigenvalue weighted by atomic mass is 10.0. The SMILES string of the molecule is CCC(NCC1CN(C(C)C)CCO1)c1ccccc1. The zero-order valence-electron chi connectivity index (χ0n) is 13.0. The Morgan fingerprint density at radius 2 is 2.05 bits per heavy atom. The number of morpholine rings is 1. The topological polar surface area (TPSA) is 24.5 Å². The van der Waals surface area contributed by atoms with E-state index in [2.05, 4.69) is 61.3 Å². The van der Waals surface area contributed by atoms with Gasteiger partial charge in [-0.05, 0) is 25.8 Å². The second-order valence-corrected chi connectivity index (χ2v) is 5.86. The van der Waals surface area contributed by atoms with Crippen LogP contribution in [0.25, 0.3) is 0 Å². The van der Waals surface area contributed by atoms with Gasteiger partial charge in [0.1, 0.15) is 0 Å². The highest BCUT2D eigenvalue weighted by molar-refractivity contribution is 5.18. The van der Waals surface area contributed by atoms with Gasteiger partial charge in [0.15, 0.2) is 0 Å². The number of ether oxygens (including phenoxy) is 1. The molecule has 0 aliphatic carbocycles. The zero-order valence-corrected chi connectivity index (χ0v) is 13.0. The van der Waals surface area contributed by atoms with Gasteiger partial charge in [0.25, 0.3) is 0 Å². The van der Waals surface area contributed by atoms with Gasteiger partial charge in [0.05, 0.1) is 12.7 Å². The molecule has 2 rings (SSSR count). The molecular weight excluding hydrogens is 248 g/mol. The molecule has 20 heavy (non-hydrogen) atoms. The summed E-state index contributed by atoms with van der Waals surface area (Å²) in [6.07, 6.45) is 1.41. The van der Waals surface area contributed by atoms with Crippen LogP contribution in [0.15, 0.2) is 30.3 Å². The van der Waals surface area contributed by atoms with E-state index in [0.717, 1.165) is 32.7 Å². The van der Waals surface area contributed by atoms with Crippen molar-refractivity contribution in [2.45, 2.75) is 45.4 Å². The van der Waals surface area contributed by atoms with Crippen LogP contribution in [-0.2, 0) is 4.74 Å². The first-order valence-electron chi connectivity index (χ1n) is 7.84. The Bertz CT molecular complexity index is 380. The van der Waals surface area contributed by atoms with Crippen LogP contribution in [0.4, 0.5) is 0 Å². The molecule has 0 saturated carbocycles. The summed E-state index contributed by atoms with van der Waals surface area (Å²) in [5, 5.41) is 3.66. The van der Waals surface area contributed by atoms with E-state index < -0.39 is 0 Å². The van der Waals surface area contributed by atoms with Crippen molar-refractivity contribution in [2.24, 2.45) is 0 Å². The summed E-state index contributed by atoms with van der Waals surface area (Å²) in [4.78, 5) is 2.50. The molecule has 2 unspecified atom stereocenters. The standard InChI is InChI=1S/C17H28N2O/c1-4-17(15-8-6-5-7-9-15)18-12-16-13-19(14(2)3)10-11-20-16/h5-9,14,16-18H,4,10-13H2,1-3H3. The highest BCUT2D eigenvalue weighted by Crippen LogP contribution is 2.16. The Kier molecular flexibility index (Phi) is 6.02. The van der Waals surface area contributed by atoms with Crippen molar-refractivity contribution in [2.75, 3.05) is 26.2 Å². The molecule has 1 aliphatic heterocycles. The van der Waals surface area contributed by atoms with E-state index in [0.29, 0.717) is 18.2 Å². The van der Waals surface area contributed by atoms with Crippen LogP contribution in [-0.4, -0.2) is 43.3 Å². The number of hydrogen-bond donors (Lipinski definition) is 1. The summed E-state index contributed by atoms with van der Waals surface area (Å²) in [7, 11) is 0. The molecule has 1 fully saturated rings. The molecule has 0 amide bonds. The summed E-state index contributed by atoms with van der Waals surface area (Å²) in [6, 6.07) is 11.7. The number of nitrogens with one attached hydrogen (secondary N) is 1. The predicted octanol–water partition coefficient (Wildman–Crippen LogP) is 2.84. The molecule has 0 aromatic heterocycles. The van der Waals surface area contributed by atoms with Gasteiger partial charge in [-0.25, -0.2) is 0 Å². The quantitative estimate of drug-likeness (QED) is 0.864. The van der Waals surface area contributed by atoms with Crippen molar-refractivity contribution < 1.29 is 4.74 Å². The lowest BCUT2D eigenvalue weighted by molar-refractivity contribution is -0.0382. The fourth-order valence-corrected chi connectivity index (χ4v) is 2.79. The molecule has 1 saturated heterocycles. The maximum atomic E-state index is 5.88. The predicted molar refractivity (Wildman–Crippen MR) is 83.9 cm³/mol. The van der Waals surface area contributed by atoms with Crippen LogP contribution >= 0.6 is 0 Å². The van der Waals surface area contributed by atoms with E-state index in [9.17, 15) is 0 Å². The fraction of sp³-hybridized carbons (Fsp3) is 0.647. The van der Waals surface area contributed by atoms with E-state index >= 15 is 0 Å². The Balaban J connectivity index is 1.84. The summed E-state index contributed by atoms with van der Waals surface area (Å²) in [5.74, 6) is 0. The fourth-order valence-electron chi connectivity index (χ4n) is 2.79. The summed E-state index contributed by atoms with van der Waals surface area (Å²) in [5.41, 5.74) is 1.37. The Hall–Kier alpha value is -0.900. The molecule has 1 aromatic carbocycles. The van der Waals surface area contributed by atoms with Gasteiger partial charge in [0.2, 0.25) is 0 Å². The first kappa shape index (κ1) is 15.5. The van der Waals surface area contributed by atoms with Crippen LogP contribution in [0.3, 0.4) is 0 Å². The molecule has 1 aromatic rings. The molecule has 1 heterocycles. The Morgan fingerprint density at radius 3 is 2.70 bits per heavy atom. The average Bonchev–Trinajstić information content (AvgIpc) is 2.49. The van der Waals surface area contributed by atoms with Gasteiger partial charge in [0, 0.05) is 31.7 Å². The monoisotopic (exact) mass is 276 g/mol. The van der Waals surface area contributed by atoms with Gasteiger partial charge in [-0.1, -0.05) is 37.3 Å². The molecule has 0 radical (unpaired) electrons.